The molecule has 0 spiro atoms. The summed E-state index contributed by atoms with van der Waals surface area (Å²) in [6.07, 6.45) is 3.45. The highest BCUT2D eigenvalue weighted by Crippen LogP contribution is 2.28. The monoisotopic (exact) mass is 278 g/mol. The van der Waals surface area contributed by atoms with Crippen LogP contribution in [0.4, 0.5) is 0 Å². The molecule has 0 radical (unpaired) electrons. The average Bonchev–Trinajstić information content (AvgIpc) is 2.48. The molecule has 0 aromatic heterocycles. The molecule has 1 amide bonds. The molecule has 1 aliphatic rings. The summed E-state index contributed by atoms with van der Waals surface area (Å²) in [5, 5.41) is 25.3. The van der Waals surface area contributed by atoms with E-state index < -0.39 is 0 Å². The Hall–Kier alpha value is -1.75. The number of carbonyl (C=O) groups is 1. The molecule has 5 heteroatoms. The second-order valence-corrected chi connectivity index (χ2v) is 5.25. The Morgan fingerprint density at radius 1 is 1.45 bits per heavy atom. The number of amides is 1. The van der Waals surface area contributed by atoms with Crippen LogP contribution in [0.25, 0.3) is 0 Å². The number of benzene rings is 1. The van der Waals surface area contributed by atoms with E-state index in [4.69, 9.17) is 0 Å². The molecule has 1 heterocycles. The van der Waals surface area contributed by atoms with E-state index in [0.717, 1.165) is 13.0 Å². The number of carbonyl (C=O) groups excluding carboxylic acids is 1. The van der Waals surface area contributed by atoms with Gasteiger partial charge in [-0.1, -0.05) is 19.4 Å². The zero-order valence-electron chi connectivity index (χ0n) is 11.7. The molecule has 0 saturated carbocycles. The maximum absolute atomic E-state index is 12.0. The van der Waals surface area contributed by atoms with E-state index in [-0.39, 0.29) is 29.0 Å². The summed E-state index contributed by atoms with van der Waals surface area (Å²) < 4.78 is 0. The van der Waals surface area contributed by atoms with Gasteiger partial charge in [0, 0.05) is 12.6 Å². The minimum atomic E-state index is -0.367. The van der Waals surface area contributed by atoms with Crippen molar-refractivity contribution in [1.82, 2.24) is 10.6 Å². The third-order valence-corrected chi connectivity index (χ3v) is 3.99. The van der Waals surface area contributed by atoms with E-state index in [2.05, 4.69) is 17.6 Å². The van der Waals surface area contributed by atoms with Crippen molar-refractivity contribution >= 4 is 5.91 Å². The summed E-state index contributed by atoms with van der Waals surface area (Å²) in [5.41, 5.74) is 0.105. The normalized spacial score (nSPS) is 22.4. The number of phenolic OH excluding ortho intramolecular Hbond substituents is 2. The minimum Gasteiger partial charge on any atom is -0.504 e. The molecule has 1 fully saturated rings. The van der Waals surface area contributed by atoms with Gasteiger partial charge in [-0.25, -0.2) is 0 Å². The van der Waals surface area contributed by atoms with Gasteiger partial charge in [-0.2, -0.15) is 0 Å². The van der Waals surface area contributed by atoms with Crippen LogP contribution in [-0.2, 0) is 0 Å². The van der Waals surface area contributed by atoms with E-state index in [9.17, 15) is 15.0 Å². The first-order valence-electron chi connectivity index (χ1n) is 7.16. The number of nitrogens with one attached hydrogen (secondary N) is 2. The summed E-state index contributed by atoms with van der Waals surface area (Å²) in [5.74, 6) is -0.434. The maximum Gasteiger partial charge on any atom is 0.255 e. The molecule has 2 unspecified atom stereocenters. The van der Waals surface area contributed by atoms with Gasteiger partial charge in [0.15, 0.2) is 11.5 Å². The fraction of sp³-hybridized carbons (Fsp3) is 0.533. The Balaban J connectivity index is 1.96. The number of para-hydroxylation sites is 1. The number of rotatable bonds is 4. The van der Waals surface area contributed by atoms with E-state index in [1.807, 2.05) is 0 Å². The molecule has 110 valence electrons. The Morgan fingerprint density at radius 2 is 2.25 bits per heavy atom. The van der Waals surface area contributed by atoms with Crippen LogP contribution in [0.1, 0.15) is 36.5 Å². The smallest absolute Gasteiger partial charge is 0.255 e. The van der Waals surface area contributed by atoms with Crippen molar-refractivity contribution in [1.29, 1.82) is 0 Å². The maximum atomic E-state index is 12.0. The first-order chi connectivity index (χ1) is 9.63. The lowest BCUT2D eigenvalue weighted by Crippen LogP contribution is -2.48. The second kappa shape index (κ2) is 6.61. The number of hydrogen-bond donors (Lipinski definition) is 4. The first kappa shape index (κ1) is 14.7. The highest BCUT2D eigenvalue weighted by Gasteiger charge is 2.24. The molecule has 5 nitrogen and oxygen atoms in total. The zero-order chi connectivity index (χ0) is 14.5. The van der Waals surface area contributed by atoms with Crippen molar-refractivity contribution < 1.29 is 15.0 Å². The molecule has 1 aliphatic heterocycles. The second-order valence-electron chi connectivity index (χ2n) is 5.25. The Morgan fingerprint density at radius 3 is 3.00 bits per heavy atom. The Bertz CT molecular complexity index is 476. The number of piperidine rings is 1. The molecule has 2 atom stereocenters. The number of phenols is 2. The van der Waals surface area contributed by atoms with Crippen molar-refractivity contribution in [2.45, 2.75) is 32.2 Å². The third-order valence-electron chi connectivity index (χ3n) is 3.99. The van der Waals surface area contributed by atoms with Crippen molar-refractivity contribution in [3.63, 3.8) is 0 Å². The van der Waals surface area contributed by atoms with Crippen molar-refractivity contribution in [3.05, 3.63) is 23.8 Å². The molecular formula is C15H22N2O3. The Labute approximate surface area is 119 Å². The first-order valence-corrected chi connectivity index (χ1v) is 7.16. The summed E-state index contributed by atoms with van der Waals surface area (Å²) in [7, 11) is 0. The van der Waals surface area contributed by atoms with Crippen LogP contribution in [-0.4, -0.2) is 35.3 Å². The molecular weight excluding hydrogens is 256 g/mol. The van der Waals surface area contributed by atoms with Crippen LogP contribution in [0, 0.1) is 5.92 Å². The summed E-state index contributed by atoms with van der Waals surface area (Å²) in [4.78, 5) is 12.0. The van der Waals surface area contributed by atoms with Crippen LogP contribution >= 0.6 is 0 Å². The van der Waals surface area contributed by atoms with Crippen molar-refractivity contribution in [3.8, 4) is 11.5 Å². The fourth-order valence-corrected chi connectivity index (χ4v) is 2.76. The van der Waals surface area contributed by atoms with Gasteiger partial charge >= 0.3 is 0 Å². The molecule has 0 bridgehead atoms. The van der Waals surface area contributed by atoms with Crippen LogP contribution in [0.5, 0.6) is 11.5 Å². The average molecular weight is 278 g/mol. The number of hydrogen-bond acceptors (Lipinski definition) is 4. The largest absolute Gasteiger partial charge is 0.504 e. The molecule has 2 rings (SSSR count). The van der Waals surface area contributed by atoms with Crippen LogP contribution in [0.2, 0.25) is 0 Å². The van der Waals surface area contributed by atoms with Crippen LogP contribution in [0.15, 0.2) is 18.2 Å². The van der Waals surface area contributed by atoms with Gasteiger partial charge in [0.1, 0.15) is 0 Å². The topological polar surface area (TPSA) is 81.6 Å². The number of aromatic hydroxyl groups is 2. The third kappa shape index (κ3) is 3.22. The highest BCUT2D eigenvalue weighted by molar-refractivity contribution is 5.97. The SMILES string of the molecule is CCC1CCCNC1CNC(=O)c1cccc(O)c1O. The molecule has 1 aromatic carbocycles. The van der Waals surface area contributed by atoms with Gasteiger partial charge in [0.25, 0.3) is 5.91 Å². The molecule has 0 aliphatic carbocycles. The highest BCUT2D eigenvalue weighted by atomic mass is 16.3. The lowest BCUT2D eigenvalue weighted by molar-refractivity contribution is 0.0939. The van der Waals surface area contributed by atoms with Gasteiger partial charge in [0.2, 0.25) is 0 Å². The fourth-order valence-electron chi connectivity index (χ4n) is 2.76. The molecule has 1 aromatic rings. The lowest BCUT2D eigenvalue weighted by atomic mass is 9.88. The van der Waals surface area contributed by atoms with E-state index in [1.165, 1.54) is 31.0 Å². The molecule has 20 heavy (non-hydrogen) atoms. The minimum absolute atomic E-state index is 0.105. The summed E-state index contributed by atoms with van der Waals surface area (Å²) >= 11 is 0. The predicted molar refractivity (Wildman–Crippen MR) is 76.9 cm³/mol. The van der Waals surface area contributed by atoms with Crippen LogP contribution in [0.3, 0.4) is 0 Å². The van der Waals surface area contributed by atoms with E-state index >= 15 is 0 Å². The van der Waals surface area contributed by atoms with Gasteiger partial charge in [-0.15, -0.1) is 0 Å². The van der Waals surface area contributed by atoms with Gasteiger partial charge < -0.3 is 20.8 Å². The predicted octanol–water partition coefficient (Wildman–Crippen LogP) is 1.61. The summed E-state index contributed by atoms with van der Waals surface area (Å²) in [6.45, 7) is 3.67. The van der Waals surface area contributed by atoms with Crippen LogP contribution < -0.4 is 10.6 Å². The van der Waals surface area contributed by atoms with E-state index in [0.29, 0.717) is 12.5 Å². The Kier molecular flexibility index (Phi) is 4.84. The zero-order valence-corrected chi connectivity index (χ0v) is 11.7. The molecule has 4 N–H and O–H groups in total. The van der Waals surface area contributed by atoms with Crippen molar-refractivity contribution in [2.75, 3.05) is 13.1 Å². The summed E-state index contributed by atoms with van der Waals surface area (Å²) in [6, 6.07) is 4.66. The van der Waals surface area contributed by atoms with Gasteiger partial charge in [0.05, 0.1) is 5.56 Å². The molecule has 1 saturated heterocycles. The quantitative estimate of drug-likeness (QED) is 0.631. The standard InChI is InChI=1S/C15H22N2O3/c1-2-10-5-4-8-16-12(10)9-17-15(20)11-6-3-7-13(18)14(11)19/h3,6-7,10,12,16,18-19H,2,4-5,8-9H2,1H3,(H,17,20). The van der Waals surface area contributed by atoms with E-state index in [1.54, 1.807) is 0 Å². The van der Waals surface area contributed by atoms with Crippen molar-refractivity contribution in [2.24, 2.45) is 5.92 Å². The van der Waals surface area contributed by atoms with Gasteiger partial charge in [-0.3, -0.25) is 4.79 Å². The van der Waals surface area contributed by atoms with Gasteiger partial charge in [-0.05, 0) is 37.4 Å². The lowest BCUT2D eigenvalue weighted by Gasteiger charge is -2.32.